The zero-order valence-electron chi connectivity index (χ0n) is 10.1. The molecule has 0 atom stereocenters. The molecule has 0 amide bonds. The van der Waals surface area contributed by atoms with E-state index in [1.807, 2.05) is 0 Å². The minimum Gasteiger partial charge on any atom is -0.396 e. The van der Waals surface area contributed by atoms with Crippen molar-refractivity contribution in [2.45, 2.75) is 25.3 Å². The fraction of sp³-hybridized carbons (Fsp3) is 1.00. The highest BCUT2D eigenvalue weighted by Gasteiger charge is 2.28. The van der Waals surface area contributed by atoms with Gasteiger partial charge in [-0.1, -0.05) is 0 Å². The van der Waals surface area contributed by atoms with Crippen molar-refractivity contribution in [3.63, 3.8) is 0 Å². The van der Waals surface area contributed by atoms with Gasteiger partial charge in [0.25, 0.3) is 0 Å². The van der Waals surface area contributed by atoms with E-state index in [0.717, 1.165) is 25.9 Å². The molecular formula is C10H22N2O3S. The van der Waals surface area contributed by atoms with E-state index in [0.29, 0.717) is 6.42 Å². The number of hydrogen-bond acceptors (Lipinski definition) is 4. The van der Waals surface area contributed by atoms with Crippen molar-refractivity contribution in [1.29, 1.82) is 0 Å². The van der Waals surface area contributed by atoms with E-state index < -0.39 is 10.0 Å². The van der Waals surface area contributed by atoms with Gasteiger partial charge in [0.2, 0.25) is 10.0 Å². The summed E-state index contributed by atoms with van der Waals surface area (Å²) in [5, 5.41) is 8.67. The summed E-state index contributed by atoms with van der Waals surface area (Å²) < 4.78 is 25.2. The normalized spacial score (nSPS) is 20.5. The second-order valence-corrected chi connectivity index (χ2v) is 6.59. The zero-order chi connectivity index (χ0) is 12.2. The molecule has 16 heavy (non-hydrogen) atoms. The Hall–Kier alpha value is -0.170. The number of sulfonamides is 1. The van der Waals surface area contributed by atoms with Crippen LogP contribution in [0.25, 0.3) is 0 Å². The largest absolute Gasteiger partial charge is 0.396 e. The Bertz CT molecular complexity index is 297. The van der Waals surface area contributed by atoms with E-state index in [-0.39, 0.29) is 18.4 Å². The summed E-state index contributed by atoms with van der Waals surface area (Å²) in [7, 11) is 0.523. The second-order valence-electron chi connectivity index (χ2n) is 4.44. The Balaban J connectivity index is 2.52. The molecule has 96 valence electrons. The zero-order valence-corrected chi connectivity index (χ0v) is 10.9. The van der Waals surface area contributed by atoms with E-state index >= 15 is 0 Å². The summed E-state index contributed by atoms with van der Waals surface area (Å²) in [6.07, 6.45) is 2.11. The van der Waals surface area contributed by atoms with Gasteiger partial charge in [0.15, 0.2) is 0 Å². The molecule has 0 aromatic carbocycles. The summed E-state index contributed by atoms with van der Waals surface area (Å²) in [5.41, 5.74) is 0. The van der Waals surface area contributed by atoms with Crippen LogP contribution in [0.15, 0.2) is 0 Å². The lowest BCUT2D eigenvalue weighted by molar-refractivity contribution is 0.197. The van der Waals surface area contributed by atoms with Crippen molar-refractivity contribution in [3.8, 4) is 0 Å². The fourth-order valence-corrected chi connectivity index (χ4v) is 3.42. The Morgan fingerprint density at radius 2 is 1.94 bits per heavy atom. The van der Waals surface area contributed by atoms with E-state index in [1.54, 1.807) is 7.05 Å². The van der Waals surface area contributed by atoms with Crippen LogP contribution in [-0.4, -0.2) is 68.3 Å². The number of hydrogen-bond donors (Lipinski definition) is 1. The quantitative estimate of drug-likeness (QED) is 0.729. The minimum absolute atomic E-state index is 0.0480. The summed E-state index contributed by atoms with van der Waals surface area (Å²) in [4.78, 5) is 2.21. The Labute approximate surface area is 98.1 Å². The van der Waals surface area contributed by atoms with Crippen molar-refractivity contribution >= 4 is 10.0 Å². The van der Waals surface area contributed by atoms with Gasteiger partial charge in [0, 0.05) is 19.7 Å². The number of piperidine rings is 1. The van der Waals surface area contributed by atoms with Crippen molar-refractivity contribution in [2.24, 2.45) is 0 Å². The average molecular weight is 250 g/mol. The van der Waals surface area contributed by atoms with Crippen LogP contribution in [0, 0.1) is 0 Å². The van der Waals surface area contributed by atoms with Crippen LogP contribution >= 0.6 is 0 Å². The third-order valence-corrected chi connectivity index (χ3v) is 5.18. The first-order valence-corrected chi connectivity index (χ1v) is 7.33. The summed E-state index contributed by atoms with van der Waals surface area (Å²) >= 11 is 0. The van der Waals surface area contributed by atoms with Gasteiger partial charge in [-0.3, -0.25) is 0 Å². The summed E-state index contributed by atoms with van der Waals surface area (Å²) in [6, 6.07) is 0.125. The van der Waals surface area contributed by atoms with Gasteiger partial charge in [0.05, 0.1) is 5.75 Å². The van der Waals surface area contributed by atoms with Crippen molar-refractivity contribution in [3.05, 3.63) is 0 Å². The van der Waals surface area contributed by atoms with Crippen LogP contribution in [0.1, 0.15) is 19.3 Å². The molecule has 6 heteroatoms. The van der Waals surface area contributed by atoms with Gasteiger partial charge in [-0.2, -0.15) is 0 Å². The van der Waals surface area contributed by atoms with Gasteiger partial charge in [-0.05, 0) is 39.4 Å². The first kappa shape index (κ1) is 13.9. The molecule has 0 radical (unpaired) electrons. The maximum Gasteiger partial charge on any atom is 0.214 e. The number of rotatable bonds is 5. The third-order valence-electron chi connectivity index (χ3n) is 3.20. The average Bonchev–Trinajstić information content (AvgIpc) is 2.26. The van der Waals surface area contributed by atoms with Crippen LogP contribution in [0.2, 0.25) is 0 Å². The SMILES string of the molecule is CN1CCC(N(C)S(=O)(=O)CCCO)CC1. The summed E-state index contributed by atoms with van der Waals surface area (Å²) in [6.45, 7) is 1.83. The fourth-order valence-electron chi connectivity index (χ4n) is 1.98. The number of aliphatic hydroxyl groups excluding tert-OH is 1. The van der Waals surface area contributed by atoms with Crippen LogP contribution in [-0.2, 0) is 10.0 Å². The molecule has 1 saturated heterocycles. The van der Waals surface area contributed by atoms with Gasteiger partial charge < -0.3 is 10.0 Å². The number of likely N-dealkylation sites (tertiary alicyclic amines) is 1. The molecule has 0 spiro atoms. The highest BCUT2D eigenvalue weighted by atomic mass is 32.2. The highest BCUT2D eigenvalue weighted by Crippen LogP contribution is 2.17. The third kappa shape index (κ3) is 3.69. The van der Waals surface area contributed by atoms with Gasteiger partial charge in [-0.25, -0.2) is 12.7 Å². The monoisotopic (exact) mass is 250 g/mol. The first-order chi connectivity index (χ1) is 7.47. The predicted molar refractivity (Wildman–Crippen MR) is 63.8 cm³/mol. The smallest absolute Gasteiger partial charge is 0.214 e. The molecule has 0 aromatic rings. The van der Waals surface area contributed by atoms with Crippen molar-refractivity contribution in [1.82, 2.24) is 9.21 Å². The van der Waals surface area contributed by atoms with E-state index in [9.17, 15) is 8.42 Å². The Kier molecular flexibility index (Phi) is 5.17. The van der Waals surface area contributed by atoms with Crippen molar-refractivity contribution < 1.29 is 13.5 Å². The maximum absolute atomic E-state index is 11.9. The van der Waals surface area contributed by atoms with E-state index in [1.165, 1.54) is 4.31 Å². The van der Waals surface area contributed by atoms with Gasteiger partial charge in [0.1, 0.15) is 0 Å². The lowest BCUT2D eigenvalue weighted by atomic mass is 10.1. The highest BCUT2D eigenvalue weighted by molar-refractivity contribution is 7.89. The molecule has 0 saturated carbocycles. The lowest BCUT2D eigenvalue weighted by Crippen LogP contribution is -2.45. The molecular weight excluding hydrogens is 228 g/mol. The van der Waals surface area contributed by atoms with E-state index in [2.05, 4.69) is 11.9 Å². The topological polar surface area (TPSA) is 60.9 Å². The number of aliphatic hydroxyl groups is 1. The predicted octanol–water partition coefficient (Wildman–Crippen LogP) is -0.275. The lowest BCUT2D eigenvalue weighted by Gasteiger charge is -2.34. The molecule has 0 aromatic heterocycles. The van der Waals surface area contributed by atoms with Crippen LogP contribution < -0.4 is 0 Å². The summed E-state index contributed by atoms with van der Waals surface area (Å²) in [5.74, 6) is 0.0480. The van der Waals surface area contributed by atoms with Gasteiger partial charge in [-0.15, -0.1) is 0 Å². The molecule has 1 fully saturated rings. The minimum atomic E-state index is -3.18. The molecule has 5 nitrogen and oxygen atoms in total. The first-order valence-electron chi connectivity index (χ1n) is 5.72. The Morgan fingerprint density at radius 3 is 2.44 bits per heavy atom. The number of nitrogens with zero attached hydrogens (tertiary/aromatic N) is 2. The van der Waals surface area contributed by atoms with Crippen LogP contribution in [0.4, 0.5) is 0 Å². The standard InChI is InChI=1S/C10H22N2O3S/c1-11-6-4-10(5-7-11)12(2)16(14,15)9-3-8-13/h10,13H,3-9H2,1-2H3. The molecule has 1 aliphatic heterocycles. The van der Waals surface area contributed by atoms with Gasteiger partial charge >= 0.3 is 0 Å². The molecule has 1 N–H and O–H groups in total. The molecule has 1 aliphatic rings. The molecule has 1 heterocycles. The van der Waals surface area contributed by atoms with E-state index in [4.69, 9.17) is 5.11 Å². The second kappa shape index (κ2) is 5.95. The maximum atomic E-state index is 11.9. The van der Waals surface area contributed by atoms with Crippen LogP contribution in [0.3, 0.4) is 0 Å². The molecule has 0 unspecified atom stereocenters. The molecule has 1 rings (SSSR count). The van der Waals surface area contributed by atoms with Crippen molar-refractivity contribution in [2.75, 3.05) is 39.5 Å². The molecule has 0 aliphatic carbocycles. The molecule has 0 bridgehead atoms. The Morgan fingerprint density at radius 1 is 1.38 bits per heavy atom. The van der Waals surface area contributed by atoms with Crippen LogP contribution in [0.5, 0.6) is 0 Å².